The van der Waals surface area contributed by atoms with Gasteiger partial charge in [-0.05, 0) is 6.42 Å². The normalized spacial score (nSPS) is 10.3. The Balaban J connectivity index is 2.96. The van der Waals surface area contributed by atoms with E-state index in [1.165, 1.54) is 4.68 Å². The molecule has 0 unspecified atom stereocenters. The van der Waals surface area contributed by atoms with Gasteiger partial charge in [-0.25, -0.2) is 4.68 Å². The molecule has 1 rings (SSSR count). The van der Waals surface area contributed by atoms with Gasteiger partial charge in [0.1, 0.15) is 5.02 Å². The highest BCUT2D eigenvalue weighted by Gasteiger charge is 2.16. The smallest absolute Gasteiger partial charge is 0.312 e. The first-order valence-corrected chi connectivity index (χ1v) is 4.90. The zero-order valence-corrected chi connectivity index (χ0v) is 9.26. The summed E-state index contributed by atoms with van der Waals surface area (Å²) in [6, 6.07) is 0. The Morgan fingerprint density at radius 2 is 2.21 bits per heavy atom. The van der Waals surface area contributed by atoms with Crippen LogP contribution in [0.3, 0.4) is 0 Å². The van der Waals surface area contributed by atoms with Crippen LogP contribution in [-0.4, -0.2) is 15.7 Å². The lowest BCUT2D eigenvalue weighted by molar-refractivity contribution is -0.134. The van der Waals surface area contributed by atoms with Crippen molar-refractivity contribution in [3.05, 3.63) is 10.7 Å². The standard InChI is InChI=1S/C9H13ClN2O2/c1-4-6-8(10)9(12(3)11-6)14-7(13)5-2/h4-5H2,1-3H3. The van der Waals surface area contributed by atoms with Crippen molar-refractivity contribution < 1.29 is 9.53 Å². The zero-order valence-electron chi connectivity index (χ0n) is 8.50. The van der Waals surface area contributed by atoms with Crippen LogP contribution in [0.1, 0.15) is 26.0 Å². The lowest BCUT2D eigenvalue weighted by Gasteiger charge is -2.02. The number of esters is 1. The Morgan fingerprint density at radius 1 is 1.57 bits per heavy atom. The van der Waals surface area contributed by atoms with Crippen LogP contribution in [0.15, 0.2) is 0 Å². The minimum Gasteiger partial charge on any atom is -0.406 e. The summed E-state index contributed by atoms with van der Waals surface area (Å²) >= 11 is 5.97. The molecule has 78 valence electrons. The third-order valence-corrected chi connectivity index (χ3v) is 2.22. The first-order chi connectivity index (χ1) is 6.60. The number of aromatic nitrogens is 2. The van der Waals surface area contributed by atoms with Crippen LogP contribution in [0.2, 0.25) is 5.02 Å². The molecule has 1 heterocycles. The van der Waals surface area contributed by atoms with Gasteiger partial charge in [-0.3, -0.25) is 4.79 Å². The van der Waals surface area contributed by atoms with E-state index in [9.17, 15) is 4.79 Å². The molecule has 4 nitrogen and oxygen atoms in total. The molecule has 0 fully saturated rings. The number of nitrogens with zero attached hydrogens (tertiary/aromatic N) is 2. The third-order valence-electron chi connectivity index (χ3n) is 1.84. The molecule has 0 aliphatic rings. The minimum atomic E-state index is -0.308. The first-order valence-electron chi connectivity index (χ1n) is 4.52. The van der Waals surface area contributed by atoms with Gasteiger partial charge in [0.15, 0.2) is 0 Å². The van der Waals surface area contributed by atoms with Gasteiger partial charge >= 0.3 is 5.97 Å². The van der Waals surface area contributed by atoms with Crippen molar-refractivity contribution in [2.24, 2.45) is 7.05 Å². The van der Waals surface area contributed by atoms with Gasteiger partial charge in [-0.1, -0.05) is 25.4 Å². The van der Waals surface area contributed by atoms with Crippen molar-refractivity contribution in [2.75, 3.05) is 0 Å². The maximum Gasteiger partial charge on any atom is 0.312 e. The van der Waals surface area contributed by atoms with Gasteiger partial charge in [-0.15, -0.1) is 0 Å². The molecular formula is C9H13ClN2O2. The Morgan fingerprint density at radius 3 is 2.64 bits per heavy atom. The Kier molecular flexibility index (Phi) is 3.52. The fraction of sp³-hybridized carbons (Fsp3) is 0.556. The van der Waals surface area contributed by atoms with Crippen molar-refractivity contribution in [2.45, 2.75) is 26.7 Å². The lowest BCUT2D eigenvalue weighted by Crippen LogP contribution is -2.09. The molecule has 0 atom stereocenters. The molecule has 14 heavy (non-hydrogen) atoms. The summed E-state index contributed by atoms with van der Waals surface area (Å²) in [4.78, 5) is 11.1. The molecule has 0 radical (unpaired) electrons. The summed E-state index contributed by atoms with van der Waals surface area (Å²) < 4.78 is 6.52. The van der Waals surface area contributed by atoms with Crippen LogP contribution < -0.4 is 4.74 Å². The molecule has 0 saturated heterocycles. The summed E-state index contributed by atoms with van der Waals surface area (Å²) in [7, 11) is 1.70. The second kappa shape index (κ2) is 4.46. The molecule has 0 aliphatic heterocycles. The van der Waals surface area contributed by atoms with E-state index in [4.69, 9.17) is 16.3 Å². The van der Waals surface area contributed by atoms with Crippen molar-refractivity contribution >= 4 is 17.6 Å². The number of halogens is 1. The number of hydrogen-bond donors (Lipinski definition) is 0. The Hall–Kier alpha value is -1.03. The van der Waals surface area contributed by atoms with Crippen LogP contribution in [0.25, 0.3) is 0 Å². The summed E-state index contributed by atoms with van der Waals surface area (Å²) in [6.07, 6.45) is 1.04. The van der Waals surface area contributed by atoms with E-state index in [1.54, 1.807) is 14.0 Å². The van der Waals surface area contributed by atoms with E-state index in [2.05, 4.69) is 5.10 Å². The number of hydrogen-bond acceptors (Lipinski definition) is 3. The maximum atomic E-state index is 11.1. The predicted molar refractivity (Wildman–Crippen MR) is 53.5 cm³/mol. The molecular weight excluding hydrogens is 204 g/mol. The van der Waals surface area contributed by atoms with Gasteiger partial charge < -0.3 is 4.74 Å². The van der Waals surface area contributed by atoms with Crippen LogP contribution in [0.5, 0.6) is 5.88 Å². The minimum absolute atomic E-state index is 0.308. The Labute approximate surface area is 87.8 Å². The van der Waals surface area contributed by atoms with Crippen LogP contribution >= 0.6 is 11.6 Å². The van der Waals surface area contributed by atoms with E-state index in [0.717, 1.165) is 12.1 Å². The van der Waals surface area contributed by atoms with Crippen LogP contribution in [-0.2, 0) is 18.3 Å². The molecule has 0 aliphatic carbocycles. The third kappa shape index (κ3) is 2.07. The van der Waals surface area contributed by atoms with Gasteiger partial charge in [0, 0.05) is 13.5 Å². The van der Waals surface area contributed by atoms with Crippen LogP contribution in [0, 0.1) is 0 Å². The molecule has 5 heteroatoms. The van der Waals surface area contributed by atoms with Crippen molar-refractivity contribution in [1.82, 2.24) is 9.78 Å². The molecule has 0 amide bonds. The monoisotopic (exact) mass is 216 g/mol. The highest BCUT2D eigenvalue weighted by atomic mass is 35.5. The summed E-state index contributed by atoms with van der Waals surface area (Å²) in [6.45, 7) is 3.67. The summed E-state index contributed by atoms with van der Waals surface area (Å²) in [5, 5.41) is 4.55. The van der Waals surface area contributed by atoms with Gasteiger partial charge in [0.05, 0.1) is 5.69 Å². The second-order valence-electron chi connectivity index (χ2n) is 2.87. The number of carbonyl (C=O) groups excluding carboxylic acids is 1. The average molecular weight is 217 g/mol. The number of carbonyl (C=O) groups is 1. The molecule has 0 aromatic carbocycles. The first kappa shape index (κ1) is 11.0. The summed E-state index contributed by atoms with van der Waals surface area (Å²) in [5.41, 5.74) is 0.744. The molecule has 0 saturated carbocycles. The van der Waals surface area contributed by atoms with Gasteiger partial charge in [0.25, 0.3) is 0 Å². The van der Waals surface area contributed by atoms with Crippen molar-refractivity contribution in [1.29, 1.82) is 0 Å². The molecule has 0 bridgehead atoms. The molecule has 0 N–H and O–H groups in total. The highest BCUT2D eigenvalue weighted by Crippen LogP contribution is 2.27. The fourth-order valence-electron chi connectivity index (χ4n) is 1.05. The number of rotatable bonds is 3. The lowest BCUT2D eigenvalue weighted by atomic mass is 10.3. The van der Waals surface area contributed by atoms with E-state index in [-0.39, 0.29) is 5.97 Å². The summed E-state index contributed by atoms with van der Waals surface area (Å²) in [5.74, 6) is 0.0212. The SMILES string of the molecule is CCC(=O)Oc1c(Cl)c(CC)nn1C. The number of aryl methyl sites for hydroxylation is 2. The predicted octanol–water partition coefficient (Wildman–Crippen LogP) is 1.95. The quantitative estimate of drug-likeness (QED) is 0.726. The van der Waals surface area contributed by atoms with Crippen molar-refractivity contribution in [3.63, 3.8) is 0 Å². The van der Waals surface area contributed by atoms with Crippen LogP contribution in [0.4, 0.5) is 0 Å². The van der Waals surface area contributed by atoms with E-state index in [0.29, 0.717) is 17.3 Å². The van der Waals surface area contributed by atoms with Gasteiger partial charge in [0.2, 0.25) is 5.88 Å². The highest BCUT2D eigenvalue weighted by molar-refractivity contribution is 6.32. The molecule has 1 aromatic rings. The second-order valence-corrected chi connectivity index (χ2v) is 3.25. The largest absolute Gasteiger partial charge is 0.406 e. The van der Waals surface area contributed by atoms with Crippen molar-refractivity contribution in [3.8, 4) is 5.88 Å². The average Bonchev–Trinajstić information content (AvgIpc) is 2.44. The Bertz CT molecular complexity index is 347. The van der Waals surface area contributed by atoms with E-state index >= 15 is 0 Å². The van der Waals surface area contributed by atoms with Gasteiger partial charge in [-0.2, -0.15) is 5.10 Å². The van der Waals surface area contributed by atoms with E-state index in [1.807, 2.05) is 6.92 Å². The maximum absolute atomic E-state index is 11.1. The fourth-order valence-corrected chi connectivity index (χ4v) is 1.38. The zero-order chi connectivity index (χ0) is 10.7. The number of ether oxygens (including phenoxy) is 1. The van der Waals surface area contributed by atoms with E-state index < -0.39 is 0 Å². The molecule has 1 aromatic heterocycles. The topological polar surface area (TPSA) is 44.1 Å². The molecule has 0 spiro atoms.